The van der Waals surface area contributed by atoms with E-state index < -0.39 is 0 Å². The highest BCUT2D eigenvalue weighted by Gasteiger charge is 2.15. The van der Waals surface area contributed by atoms with Gasteiger partial charge < -0.3 is 14.8 Å². The lowest BCUT2D eigenvalue weighted by Crippen LogP contribution is -2.24. The van der Waals surface area contributed by atoms with Crippen LogP contribution in [0.2, 0.25) is 0 Å². The maximum Gasteiger partial charge on any atom is 0.251 e. The Morgan fingerprint density at radius 3 is 2.79 bits per heavy atom. The fourth-order valence-electron chi connectivity index (χ4n) is 2.07. The van der Waals surface area contributed by atoms with Gasteiger partial charge in [-0.1, -0.05) is 32.6 Å². The van der Waals surface area contributed by atoms with Gasteiger partial charge in [0.25, 0.3) is 5.91 Å². The molecule has 1 N–H and O–H groups in total. The first-order chi connectivity index (χ1) is 9.31. The van der Waals surface area contributed by atoms with E-state index in [1.54, 1.807) is 18.2 Å². The van der Waals surface area contributed by atoms with Gasteiger partial charge in [0.15, 0.2) is 11.5 Å². The molecule has 0 unspecified atom stereocenters. The third kappa shape index (κ3) is 3.88. The topological polar surface area (TPSA) is 47.6 Å². The number of fused-ring (bicyclic) bond motifs is 1. The number of nitrogens with one attached hydrogen (secondary N) is 1. The molecule has 4 heteroatoms. The average Bonchev–Trinajstić information content (AvgIpc) is 2.89. The predicted octanol–water partition coefficient (Wildman–Crippen LogP) is 3.12. The number of rotatable bonds is 7. The molecule has 0 radical (unpaired) electrons. The Morgan fingerprint density at radius 2 is 1.95 bits per heavy atom. The number of hydrogen-bond acceptors (Lipinski definition) is 3. The number of amides is 1. The molecule has 0 bridgehead atoms. The first-order valence-electron chi connectivity index (χ1n) is 6.99. The Bertz CT molecular complexity index is 431. The lowest BCUT2D eigenvalue weighted by atomic mass is 10.1. The summed E-state index contributed by atoms with van der Waals surface area (Å²) in [6, 6.07) is 5.27. The van der Waals surface area contributed by atoms with Crippen LogP contribution >= 0.6 is 0 Å². The van der Waals surface area contributed by atoms with E-state index in [2.05, 4.69) is 12.2 Å². The summed E-state index contributed by atoms with van der Waals surface area (Å²) in [7, 11) is 0. The molecule has 0 fully saturated rings. The zero-order valence-corrected chi connectivity index (χ0v) is 11.4. The highest BCUT2D eigenvalue weighted by atomic mass is 16.7. The molecule has 2 rings (SSSR count). The fourth-order valence-corrected chi connectivity index (χ4v) is 2.07. The molecule has 1 aromatic rings. The van der Waals surface area contributed by atoms with Crippen LogP contribution < -0.4 is 14.8 Å². The molecule has 1 amide bonds. The summed E-state index contributed by atoms with van der Waals surface area (Å²) in [6.45, 7) is 3.16. The largest absolute Gasteiger partial charge is 0.454 e. The second-order valence-electron chi connectivity index (χ2n) is 4.74. The molecule has 19 heavy (non-hydrogen) atoms. The summed E-state index contributed by atoms with van der Waals surface area (Å²) in [5.41, 5.74) is 0.623. The van der Waals surface area contributed by atoms with Crippen LogP contribution in [0.15, 0.2) is 18.2 Å². The average molecular weight is 263 g/mol. The van der Waals surface area contributed by atoms with Crippen molar-refractivity contribution in [2.24, 2.45) is 0 Å². The van der Waals surface area contributed by atoms with Crippen LogP contribution in [0.3, 0.4) is 0 Å². The van der Waals surface area contributed by atoms with Crippen molar-refractivity contribution in [3.05, 3.63) is 23.8 Å². The third-order valence-corrected chi connectivity index (χ3v) is 3.20. The molecule has 0 atom stereocenters. The number of unbranched alkanes of at least 4 members (excludes halogenated alkanes) is 4. The molecule has 1 heterocycles. The van der Waals surface area contributed by atoms with Gasteiger partial charge in [0, 0.05) is 12.1 Å². The van der Waals surface area contributed by atoms with Gasteiger partial charge in [-0.3, -0.25) is 4.79 Å². The van der Waals surface area contributed by atoms with Crippen molar-refractivity contribution in [3.8, 4) is 11.5 Å². The number of carbonyl (C=O) groups is 1. The van der Waals surface area contributed by atoms with Crippen LogP contribution in [0.25, 0.3) is 0 Å². The highest BCUT2D eigenvalue weighted by molar-refractivity contribution is 5.94. The molecule has 0 spiro atoms. The van der Waals surface area contributed by atoms with Gasteiger partial charge in [0.2, 0.25) is 6.79 Å². The molecule has 1 aliphatic heterocycles. The smallest absolute Gasteiger partial charge is 0.251 e. The minimum Gasteiger partial charge on any atom is -0.454 e. The van der Waals surface area contributed by atoms with Crippen molar-refractivity contribution in [3.63, 3.8) is 0 Å². The summed E-state index contributed by atoms with van der Waals surface area (Å²) in [6.07, 6.45) is 5.97. The molecule has 0 saturated heterocycles. The summed E-state index contributed by atoms with van der Waals surface area (Å²) in [5, 5.41) is 2.93. The van der Waals surface area contributed by atoms with Gasteiger partial charge in [-0.2, -0.15) is 0 Å². The normalized spacial score (nSPS) is 12.5. The standard InChI is InChI=1S/C15H21NO3/c1-2-3-4-5-6-9-16-15(17)12-7-8-13-14(10-12)19-11-18-13/h7-8,10H,2-6,9,11H2,1H3,(H,16,17). The Kier molecular flexibility index (Phi) is 5.07. The molecule has 1 aliphatic rings. The lowest BCUT2D eigenvalue weighted by Gasteiger charge is -2.06. The predicted molar refractivity (Wildman–Crippen MR) is 73.7 cm³/mol. The maximum atomic E-state index is 11.9. The van der Waals surface area contributed by atoms with E-state index in [1.807, 2.05) is 0 Å². The minimum atomic E-state index is -0.0474. The van der Waals surface area contributed by atoms with Crippen molar-refractivity contribution in [1.29, 1.82) is 0 Å². The van der Waals surface area contributed by atoms with E-state index in [9.17, 15) is 4.79 Å². The van der Waals surface area contributed by atoms with E-state index in [0.717, 1.165) is 13.0 Å². The first-order valence-corrected chi connectivity index (χ1v) is 6.99. The Morgan fingerprint density at radius 1 is 1.16 bits per heavy atom. The zero-order chi connectivity index (χ0) is 13.5. The van der Waals surface area contributed by atoms with Gasteiger partial charge >= 0.3 is 0 Å². The van der Waals surface area contributed by atoms with Crippen molar-refractivity contribution < 1.29 is 14.3 Å². The first kappa shape index (κ1) is 13.7. The van der Waals surface area contributed by atoms with Gasteiger partial charge in [-0.15, -0.1) is 0 Å². The molecule has 0 aliphatic carbocycles. The van der Waals surface area contributed by atoms with Crippen molar-refractivity contribution >= 4 is 5.91 Å². The van der Waals surface area contributed by atoms with Crippen LogP contribution in [-0.4, -0.2) is 19.2 Å². The van der Waals surface area contributed by atoms with Gasteiger partial charge in [-0.25, -0.2) is 0 Å². The minimum absolute atomic E-state index is 0.0474. The van der Waals surface area contributed by atoms with E-state index in [-0.39, 0.29) is 12.7 Å². The summed E-state index contributed by atoms with van der Waals surface area (Å²) < 4.78 is 10.5. The van der Waals surface area contributed by atoms with E-state index in [4.69, 9.17) is 9.47 Å². The molecule has 1 aromatic carbocycles. The van der Waals surface area contributed by atoms with Gasteiger partial charge in [-0.05, 0) is 24.6 Å². The summed E-state index contributed by atoms with van der Waals surface area (Å²) >= 11 is 0. The molecular weight excluding hydrogens is 242 g/mol. The maximum absolute atomic E-state index is 11.9. The number of ether oxygens (including phenoxy) is 2. The zero-order valence-electron chi connectivity index (χ0n) is 11.4. The monoisotopic (exact) mass is 263 g/mol. The van der Waals surface area contributed by atoms with E-state index >= 15 is 0 Å². The van der Waals surface area contributed by atoms with Crippen LogP contribution in [0.5, 0.6) is 11.5 Å². The second kappa shape index (κ2) is 7.02. The van der Waals surface area contributed by atoms with Crippen LogP contribution in [-0.2, 0) is 0 Å². The third-order valence-electron chi connectivity index (χ3n) is 3.20. The SMILES string of the molecule is CCCCCCCNC(=O)c1ccc2c(c1)OCO2. The Balaban J connectivity index is 1.74. The number of benzene rings is 1. The van der Waals surface area contributed by atoms with Gasteiger partial charge in [0.1, 0.15) is 0 Å². The summed E-state index contributed by atoms with van der Waals surface area (Å²) in [4.78, 5) is 11.9. The number of carbonyl (C=O) groups excluding carboxylic acids is 1. The van der Waals surface area contributed by atoms with Crippen molar-refractivity contribution in [2.45, 2.75) is 39.0 Å². The van der Waals surface area contributed by atoms with E-state index in [1.165, 1.54) is 25.7 Å². The lowest BCUT2D eigenvalue weighted by molar-refractivity contribution is 0.0952. The molecule has 104 valence electrons. The quantitative estimate of drug-likeness (QED) is 0.769. The van der Waals surface area contributed by atoms with Crippen molar-refractivity contribution in [2.75, 3.05) is 13.3 Å². The van der Waals surface area contributed by atoms with Crippen molar-refractivity contribution in [1.82, 2.24) is 5.32 Å². The highest BCUT2D eigenvalue weighted by Crippen LogP contribution is 2.32. The van der Waals surface area contributed by atoms with Crippen LogP contribution in [0.4, 0.5) is 0 Å². The molecular formula is C15H21NO3. The summed E-state index contributed by atoms with van der Waals surface area (Å²) in [5.74, 6) is 1.31. The molecule has 0 saturated carbocycles. The Labute approximate surface area is 114 Å². The number of hydrogen-bond donors (Lipinski definition) is 1. The van der Waals surface area contributed by atoms with Crippen LogP contribution in [0, 0.1) is 0 Å². The van der Waals surface area contributed by atoms with E-state index in [0.29, 0.717) is 17.1 Å². The second-order valence-corrected chi connectivity index (χ2v) is 4.74. The fraction of sp³-hybridized carbons (Fsp3) is 0.533. The Hall–Kier alpha value is -1.71. The molecule has 4 nitrogen and oxygen atoms in total. The van der Waals surface area contributed by atoms with Gasteiger partial charge in [0.05, 0.1) is 0 Å². The molecule has 0 aromatic heterocycles. The van der Waals surface area contributed by atoms with Crippen LogP contribution in [0.1, 0.15) is 49.4 Å².